The lowest BCUT2D eigenvalue weighted by atomic mass is 10.1. The van der Waals surface area contributed by atoms with Crippen LogP contribution in [0, 0.1) is 11.3 Å². The molecule has 0 radical (unpaired) electrons. The van der Waals surface area contributed by atoms with Gasteiger partial charge in [0.15, 0.2) is 0 Å². The number of benzene rings is 1. The summed E-state index contributed by atoms with van der Waals surface area (Å²) in [6.07, 6.45) is 1.20. The van der Waals surface area contributed by atoms with Gasteiger partial charge in [0.05, 0.1) is 11.6 Å². The van der Waals surface area contributed by atoms with Crippen molar-refractivity contribution in [3.63, 3.8) is 0 Å². The molecule has 0 unspecified atom stereocenters. The molecule has 0 aliphatic carbocycles. The van der Waals surface area contributed by atoms with Gasteiger partial charge in [0, 0.05) is 20.0 Å². The van der Waals surface area contributed by atoms with E-state index < -0.39 is 0 Å². The Morgan fingerprint density at radius 3 is 2.60 bits per heavy atom. The Bertz CT molecular complexity index is 596. The molecule has 102 valence electrons. The predicted octanol–water partition coefficient (Wildman–Crippen LogP) is 3.21. The van der Waals surface area contributed by atoms with Gasteiger partial charge >= 0.3 is 0 Å². The second kappa shape index (κ2) is 6.88. The van der Waals surface area contributed by atoms with Gasteiger partial charge in [0.25, 0.3) is 0 Å². The Morgan fingerprint density at radius 1 is 1.25 bits per heavy atom. The first-order valence-corrected chi connectivity index (χ1v) is 7.37. The van der Waals surface area contributed by atoms with E-state index in [-0.39, 0.29) is 5.91 Å². The summed E-state index contributed by atoms with van der Waals surface area (Å²) in [6.45, 7) is 0.662. The molecule has 0 saturated heterocycles. The molecule has 1 amide bonds. The van der Waals surface area contributed by atoms with Crippen LogP contribution in [0.4, 0.5) is 0 Å². The van der Waals surface area contributed by atoms with Gasteiger partial charge < -0.3 is 4.90 Å². The van der Waals surface area contributed by atoms with Gasteiger partial charge in [-0.2, -0.15) is 16.6 Å². The van der Waals surface area contributed by atoms with Crippen molar-refractivity contribution < 1.29 is 4.79 Å². The highest BCUT2D eigenvalue weighted by Gasteiger charge is 2.09. The molecule has 2 rings (SSSR count). The molecule has 1 aromatic carbocycles. The number of thiophene rings is 1. The van der Waals surface area contributed by atoms with Crippen LogP contribution in [0.25, 0.3) is 0 Å². The summed E-state index contributed by atoms with van der Waals surface area (Å²) < 4.78 is 0. The lowest BCUT2D eigenvalue weighted by molar-refractivity contribution is -0.130. The van der Waals surface area contributed by atoms with E-state index in [0.717, 1.165) is 5.56 Å². The zero-order valence-corrected chi connectivity index (χ0v) is 12.2. The molecule has 3 nitrogen and oxygen atoms in total. The minimum atomic E-state index is 0.139. The Balaban J connectivity index is 1.83. The largest absolute Gasteiger partial charge is 0.341 e. The van der Waals surface area contributed by atoms with Crippen LogP contribution in [0.3, 0.4) is 0 Å². The van der Waals surface area contributed by atoms with Gasteiger partial charge in [-0.3, -0.25) is 4.79 Å². The van der Waals surface area contributed by atoms with Crippen LogP contribution in [0.5, 0.6) is 0 Å². The molecule has 0 atom stereocenters. The van der Waals surface area contributed by atoms with Gasteiger partial charge in [0.2, 0.25) is 5.91 Å². The summed E-state index contributed by atoms with van der Waals surface area (Å²) in [6, 6.07) is 11.5. The monoisotopic (exact) mass is 284 g/mol. The second-order valence-electron chi connectivity index (χ2n) is 4.69. The summed E-state index contributed by atoms with van der Waals surface area (Å²) in [7, 11) is 1.83. The van der Waals surface area contributed by atoms with Crippen molar-refractivity contribution in [2.24, 2.45) is 0 Å². The minimum absolute atomic E-state index is 0.139. The standard InChI is InChI=1S/C16H16N2OS/c1-18(11-15-8-9-20-12-15)16(19)7-6-13-2-4-14(10-17)5-3-13/h2-5,8-9,12H,6-7,11H2,1H3. The Morgan fingerprint density at radius 2 is 2.00 bits per heavy atom. The molecule has 20 heavy (non-hydrogen) atoms. The van der Waals surface area contributed by atoms with E-state index in [1.807, 2.05) is 30.6 Å². The molecule has 1 aromatic heterocycles. The van der Waals surface area contributed by atoms with Crippen LogP contribution in [-0.2, 0) is 17.8 Å². The number of amides is 1. The summed E-state index contributed by atoms with van der Waals surface area (Å²) in [5, 5.41) is 12.8. The molecule has 0 bridgehead atoms. The molecule has 0 fully saturated rings. The summed E-state index contributed by atoms with van der Waals surface area (Å²) in [5.74, 6) is 0.139. The van der Waals surface area contributed by atoms with Crippen LogP contribution in [0.1, 0.15) is 23.1 Å². The molecule has 0 aliphatic heterocycles. The molecule has 0 N–H and O–H groups in total. The molecular formula is C16H16N2OS. The number of rotatable bonds is 5. The normalized spacial score (nSPS) is 10.0. The third-order valence-corrected chi connectivity index (χ3v) is 3.87. The number of hydrogen-bond donors (Lipinski definition) is 0. The van der Waals surface area contributed by atoms with Gasteiger partial charge in [-0.05, 0) is 46.5 Å². The highest BCUT2D eigenvalue weighted by molar-refractivity contribution is 7.07. The molecule has 4 heteroatoms. The van der Waals surface area contributed by atoms with Crippen LogP contribution in [0.2, 0.25) is 0 Å². The maximum absolute atomic E-state index is 12.0. The molecular weight excluding hydrogens is 268 g/mol. The van der Waals surface area contributed by atoms with Crippen molar-refractivity contribution in [2.75, 3.05) is 7.05 Å². The summed E-state index contributed by atoms with van der Waals surface area (Å²) in [4.78, 5) is 13.8. The maximum atomic E-state index is 12.0. The van der Waals surface area contributed by atoms with Crippen LogP contribution in [-0.4, -0.2) is 17.9 Å². The maximum Gasteiger partial charge on any atom is 0.222 e. The fourth-order valence-corrected chi connectivity index (χ4v) is 2.59. The number of aryl methyl sites for hydroxylation is 1. The number of carbonyl (C=O) groups is 1. The number of hydrogen-bond acceptors (Lipinski definition) is 3. The average Bonchev–Trinajstić information content (AvgIpc) is 2.98. The quantitative estimate of drug-likeness (QED) is 0.846. The zero-order chi connectivity index (χ0) is 14.4. The van der Waals surface area contributed by atoms with Crippen molar-refractivity contribution in [3.05, 3.63) is 57.8 Å². The van der Waals surface area contributed by atoms with Crippen molar-refractivity contribution in [1.82, 2.24) is 4.90 Å². The van der Waals surface area contributed by atoms with E-state index in [0.29, 0.717) is 24.9 Å². The van der Waals surface area contributed by atoms with Crippen molar-refractivity contribution >= 4 is 17.2 Å². The van der Waals surface area contributed by atoms with Crippen LogP contribution < -0.4 is 0 Å². The Kier molecular flexibility index (Phi) is 4.91. The lowest BCUT2D eigenvalue weighted by Gasteiger charge is -2.16. The molecule has 2 aromatic rings. The zero-order valence-electron chi connectivity index (χ0n) is 11.4. The highest BCUT2D eigenvalue weighted by Crippen LogP contribution is 2.11. The van der Waals surface area contributed by atoms with E-state index in [9.17, 15) is 4.79 Å². The number of nitriles is 1. The van der Waals surface area contributed by atoms with Gasteiger partial charge in [0.1, 0.15) is 0 Å². The minimum Gasteiger partial charge on any atom is -0.341 e. The topological polar surface area (TPSA) is 44.1 Å². The molecule has 0 aliphatic rings. The third-order valence-electron chi connectivity index (χ3n) is 3.14. The smallest absolute Gasteiger partial charge is 0.222 e. The first-order valence-electron chi connectivity index (χ1n) is 6.43. The van der Waals surface area contributed by atoms with E-state index in [1.165, 1.54) is 5.56 Å². The van der Waals surface area contributed by atoms with Crippen molar-refractivity contribution in [2.45, 2.75) is 19.4 Å². The van der Waals surface area contributed by atoms with E-state index >= 15 is 0 Å². The molecule has 0 saturated carbocycles. The van der Waals surface area contributed by atoms with Crippen LogP contribution >= 0.6 is 11.3 Å². The Hall–Kier alpha value is -2.12. The number of carbonyl (C=O) groups excluding carboxylic acids is 1. The summed E-state index contributed by atoms with van der Waals surface area (Å²) in [5.41, 5.74) is 2.90. The second-order valence-corrected chi connectivity index (χ2v) is 5.47. The predicted molar refractivity (Wildman–Crippen MR) is 80.3 cm³/mol. The van der Waals surface area contributed by atoms with Gasteiger partial charge in [-0.15, -0.1) is 0 Å². The average molecular weight is 284 g/mol. The van der Waals surface area contributed by atoms with E-state index in [1.54, 1.807) is 28.4 Å². The van der Waals surface area contributed by atoms with Crippen LogP contribution in [0.15, 0.2) is 41.1 Å². The molecule has 1 heterocycles. The first kappa shape index (κ1) is 14.3. The lowest BCUT2D eigenvalue weighted by Crippen LogP contribution is -2.26. The van der Waals surface area contributed by atoms with Crippen molar-refractivity contribution in [3.8, 4) is 6.07 Å². The van der Waals surface area contributed by atoms with Crippen molar-refractivity contribution in [1.29, 1.82) is 5.26 Å². The first-order chi connectivity index (χ1) is 9.69. The number of nitrogens with zero attached hydrogens (tertiary/aromatic N) is 2. The fourth-order valence-electron chi connectivity index (χ4n) is 1.93. The Labute approximate surface area is 123 Å². The van der Waals surface area contributed by atoms with E-state index in [4.69, 9.17) is 5.26 Å². The third kappa shape index (κ3) is 3.94. The molecule has 0 spiro atoms. The van der Waals surface area contributed by atoms with Gasteiger partial charge in [-0.1, -0.05) is 12.1 Å². The highest BCUT2D eigenvalue weighted by atomic mass is 32.1. The fraction of sp³-hybridized carbons (Fsp3) is 0.250. The summed E-state index contributed by atoms with van der Waals surface area (Å²) >= 11 is 1.64. The van der Waals surface area contributed by atoms with E-state index in [2.05, 4.69) is 11.4 Å². The SMILES string of the molecule is CN(Cc1ccsc1)C(=O)CCc1ccc(C#N)cc1. The van der Waals surface area contributed by atoms with Gasteiger partial charge in [-0.25, -0.2) is 0 Å².